The van der Waals surface area contributed by atoms with E-state index in [2.05, 4.69) is 0 Å². The van der Waals surface area contributed by atoms with Gasteiger partial charge in [0.05, 0.1) is 30.3 Å². The standard InChI is InChI=1S/C23H24N4O3S2/c1-30-17-8-6-16(7-9-17)26(11-10-22(24)28)15-23(29)27-19(21-5-3-13-32-21)14-18(25-27)20-4-2-12-31-20/h2-9,12-13,19H,10-11,14-15H2,1H3,(H2,24,28)/t19-/m0/s1. The fraction of sp³-hybridized carbons (Fsp3) is 0.261. The first kappa shape index (κ1) is 22.0. The van der Waals surface area contributed by atoms with Crippen LogP contribution in [0.1, 0.15) is 28.6 Å². The van der Waals surface area contributed by atoms with Gasteiger partial charge >= 0.3 is 0 Å². The first-order valence-electron chi connectivity index (χ1n) is 10.2. The van der Waals surface area contributed by atoms with Gasteiger partial charge in [-0.1, -0.05) is 12.1 Å². The van der Waals surface area contributed by atoms with Gasteiger partial charge in [-0.2, -0.15) is 5.10 Å². The Bertz CT molecular complexity index is 1080. The van der Waals surface area contributed by atoms with E-state index in [4.69, 9.17) is 15.6 Å². The van der Waals surface area contributed by atoms with Crippen molar-refractivity contribution in [3.8, 4) is 5.75 Å². The summed E-state index contributed by atoms with van der Waals surface area (Å²) in [6, 6.07) is 15.3. The molecule has 0 bridgehead atoms. The highest BCUT2D eigenvalue weighted by Gasteiger charge is 2.34. The highest BCUT2D eigenvalue weighted by Crippen LogP contribution is 2.36. The predicted octanol–water partition coefficient (Wildman–Crippen LogP) is 3.88. The lowest BCUT2D eigenvalue weighted by molar-refractivity contribution is -0.131. The molecular formula is C23H24N4O3S2. The molecule has 2 aromatic heterocycles. The number of methoxy groups -OCH3 is 1. The van der Waals surface area contributed by atoms with Crippen LogP contribution in [-0.4, -0.2) is 42.7 Å². The van der Waals surface area contributed by atoms with Crippen LogP contribution in [0.2, 0.25) is 0 Å². The molecule has 166 valence electrons. The lowest BCUT2D eigenvalue weighted by Crippen LogP contribution is -2.39. The van der Waals surface area contributed by atoms with E-state index in [1.807, 2.05) is 64.2 Å². The third-order valence-corrected chi connectivity index (χ3v) is 7.13. The molecule has 0 saturated carbocycles. The Morgan fingerprint density at radius 2 is 1.91 bits per heavy atom. The normalized spacial score (nSPS) is 15.5. The number of ether oxygens (including phenoxy) is 1. The summed E-state index contributed by atoms with van der Waals surface area (Å²) in [5, 5.41) is 10.3. The Morgan fingerprint density at radius 3 is 2.53 bits per heavy atom. The van der Waals surface area contributed by atoms with Crippen LogP contribution in [0.5, 0.6) is 5.75 Å². The van der Waals surface area contributed by atoms with Crippen LogP contribution in [-0.2, 0) is 9.59 Å². The smallest absolute Gasteiger partial charge is 0.262 e. The number of benzene rings is 1. The van der Waals surface area contributed by atoms with E-state index in [0.717, 1.165) is 26.9 Å². The SMILES string of the molecule is COc1ccc(N(CCC(N)=O)CC(=O)N2N=C(c3cccs3)C[C@H]2c2cccs2)cc1. The molecule has 1 atom stereocenters. The van der Waals surface area contributed by atoms with Crippen molar-refractivity contribution >= 4 is 45.9 Å². The van der Waals surface area contributed by atoms with Crippen LogP contribution < -0.4 is 15.4 Å². The topological polar surface area (TPSA) is 88.2 Å². The number of carbonyl (C=O) groups excluding carboxylic acids is 2. The maximum Gasteiger partial charge on any atom is 0.262 e. The van der Waals surface area contributed by atoms with Crippen molar-refractivity contribution in [3.63, 3.8) is 0 Å². The van der Waals surface area contributed by atoms with Crippen molar-refractivity contribution in [3.05, 3.63) is 69.0 Å². The van der Waals surface area contributed by atoms with Crippen molar-refractivity contribution < 1.29 is 14.3 Å². The molecule has 32 heavy (non-hydrogen) atoms. The number of rotatable bonds is 9. The first-order valence-corrected chi connectivity index (χ1v) is 11.9. The summed E-state index contributed by atoms with van der Waals surface area (Å²) in [4.78, 5) is 28.9. The summed E-state index contributed by atoms with van der Waals surface area (Å²) >= 11 is 3.24. The molecule has 1 aliphatic rings. The van der Waals surface area contributed by atoms with E-state index in [1.165, 1.54) is 0 Å². The van der Waals surface area contributed by atoms with Crippen LogP contribution in [0.25, 0.3) is 0 Å². The Morgan fingerprint density at radius 1 is 1.16 bits per heavy atom. The van der Waals surface area contributed by atoms with Crippen LogP contribution in [0.15, 0.2) is 64.4 Å². The fourth-order valence-electron chi connectivity index (χ4n) is 3.61. The molecule has 0 spiro atoms. The molecule has 3 heterocycles. The highest BCUT2D eigenvalue weighted by molar-refractivity contribution is 7.12. The van der Waals surface area contributed by atoms with Crippen molar-refractivity contribution in [2.24, 2.45) is 10.8 Å². The largest absolute Gasteiger partial charge is 0.497 e. The molecular weight excluding hydrogens is 444 g/mol. The van der Waals surface area contributed by atoms with E-state index in [-0.39, 0.29) is 24.9 Å². The molecule has 4 rings (SSSR count). The molecule has 9 heteroatoms. The summed E-state index contributed by atoms with van der Waals surface area (Å²) in [6.07, 6.45) is 0.827. The summed E-state index contributed by atoms with van der Waals surface area (Å²) in [7, 11) is 1.60. The van der Waals surface area contributed by atoms with E-state index in [0.29, 0.717) is 13.0 Å². The van der Waals surface area contributed by atoms with Crippen molar-refractivity contribution in [1.29, 1.82) is 0 Å². The average Bonchev–Trinajstić information content (AvgIpc) is 3.56. The minimum absolute atomic E-state index is 0.0860. The Labute approximate surface area is 194 Å². The zero-order chi connectivity index (χ0) is 22.5. The van der Waals surface area contributed by atoms with Crippen LogP contribution in [0.3, 0.4) is 0 Å². The van der Waals surface area contributed by atoms with E-state index < -0.39 is 5.91 Å². The second-order valence-corrected chi connectivity index (χ2v) is 9.26. The lowest BCUT2D eigenvalue weighted by Gasteiger charge is -2.27. The quantitative estimate of drug-likeness (QED) is 0.516. The molecule has 2 N–H and O–H groups in total. The van der Waals surface area contributed by atoms with Crippen LogP contribution in [0.4, 0.5) is 5.69 Å². The Balaban J connectivity index is 1.58. The van der Waals surface area contributed by atoms with Crippen molar-refractivity contribution in [2.75, 3.05) is 25.1 Å². The summed E-state index contributed by atoms with van der Waals surface area (Å²) in [5.41, 5.74) is 7.11. The Kier molecular flexibility index (Phi) is 6.87. The maximum atomic E-state index is 13.5. The molecule has 3 aromatic rings. The van der Waals surface area contributed by atoms with Gasteiger partial charge < -0.3 is 15.4 Å². The van der Waals surface area contributed by atoms with Gasteiger partial charge in [0.25, 0.3) is 5.91 Å². The molecule has 0 radical (unpaired) electrons. The molecule has 0 saturated heterocycles. The third-order valence-electron chi connectivity index (χ3n) is 5.23. The summed E-state index contributed by atoms with van der Waals surface area (Å²) in [5.74, 6) is 0.180. The molecule has 7 nitrogen and oxygen atoms in total. The van der Waals surface area contributed by atoms with Gasteiger partial charge in [0.1, 0.15) is 5.75 Å². The second kappa shape index (κ2) is 9.97. The number of thiophene rings is 2. The lowest BCUT2D eigenvalue weighted by atomic mass is 10.1. The third kappa shape index (κ3) is 5.00. The Hall–Kier alpha value is -3.17. The number of hydrogen-bond acceptors (Lipinski definition) is 7. The zero-order valence-corrected chi connectivity index (χ0v) is 19.3. The number of primary amides is 1. The average molecular weight is 469 g/mol. The molecule has 0 aliphatic carbocycles. The second-order valence-electron chi connectivity index (χ2n) is 7.33. The number of nitrogens with zero attached hydrogens (tertiary/aromatic N) is 3. The molecule has 1 aliphatic heterocycles. The minimum Gasteiger partial charge on any atom is -0.497 e. The van der Waals surface area contributed by atoms with Crippen molar-refractivity contribution in [2.45, 2.75) is 18.9 Å². The first-order chi connectivity index (χ1) is 15.5. The number of hydrogen-bond donors (Lipinski definition) is 1. The number of anilines is 1. The minimum atomic E-state index is -0.411. The number of carbonyl (C=O) groups is 2. The molecule has 2 amide bonds. The summed E-state index contributed by atoms with van der Waals surface area (Å²) < 4.78 is 5.23. The van der Waals surface area contributed by atoms with Gasteiger partial charge in [0.2, 0.25) is 5.91 Å². The molecule has 1 aromatic carbocycles. The van der Waals surface area contributed by atoms with Gasteiger partial charge in [-0.25, -0.2) is 5.01 Å². The number of hydrazone groups is 1. The number of nitrogens with two attached hydrogens (primary N) is 1. The highest BCUT2D eigenvalue weighted by atomic mass is 32.1. The van der Waals surface area contributed by atoms with Gasteiger partial charge in [-0.15, -0.1) is 22.7 Å². The van der Waals surface area contributed by atoms with E-state index in [9.17, 15) is 9.59 Å². The van der Waals surface area contributed by atoms with Gasteiger partial charge in [0, 0.05) is 30.0 Å². The van der Waals surface area contributed by atoms with E-state index >= 15 is 0 Å². The van der Waals surface area contributed by atoms with E-state index in [1.54, 1.807) is 34.8 Å². The van der Waals surface area contributed by atoms with Crippen molar-refractivity contribution in [1.82, 2.24) is 5.01 Å². The van der Waals surface area contributed by atoms with Gasteiger partial charge in [-0.05, 0) is 47.2 Å². The molecule has 0 unspecified atom stereocenters. The molecule has 0 fully saturated rings. The zero-order valence-electron chi connectivity index (χ0n) is 17.6. The summed E-state index contributed by atoms with van der Waals surface area (Å²) in [6.45, 7) is 0.426. The van der Waals surface area contributed by atoms with Crippen LogP contribution >= 0.6 is 22.7 Å². The predicted molar refractivity (Wildman–Crippen MR) is 128 cm³/mol. The fourth-order valence-corrected chi connectivity index (χ4v) is 5.14. The number of amides is 2. The van der Waals surface area contributed by atoms with Gasteiger partial charge in [-0.3, -0.25) is 9.59 Å². The van der Waals surface area contributed by atoms with Crippen LogP contribution in [0, 0.1) is 0 Å². The maximum absolute atomic E-state index is 13.5. The van der Waals surface area contributed by atoms with Gasteiger partial charge in [0.15, 0.2) is 0 Å². The monoisotopic (exact) mass is 468 g/mol.